The lowest BCUT2D eigenvalue weighted by Gasteiger charge is -2.04. The number of rotatable bonds is 0. The average molecular weight is 163 g/mol. The Bertz CT molecular complexity index is 256. The SMILES string of the molecule is Nc1cc[nH+]cc1C(F)(F)F. The highest BCUT2D eigenvalue weighted by molar-refractivity contribution is 5.44. The van der Waals surface area contributed by atoms with Crippen LogP contribution in [0.1, 0.15) is 5.56 Å². The van der Waals surface area contributed by atoms with Gasteiger partial charge in [0.15, 0.2) is 12.4 Å². The Labute approximate surface area is 60.9 Å². The minimum atomic E-state index is -4.37. The number of hydrogen-bond donors (Lipinski definition) is 1. The van der Waals surface area contributed by atoms with E-state index in [1.807, 2.05) is 0 Å². The first kappa shape index (κ1) is 7.84. The first-order valence-electron chi connectivity index (χ1n) is 2.84. The summed E-state index contributed by atoms with van der Waals surface area (Å²) in [5.74, 6) is 0. The molecule has 0 aromatic carbocycles. The summed E-state index contributed by atoms with van der Waals surface area (Å²) in [4.78, 5) is 2.31. The van der Waals surface area contributed by atoms with E-state index < -0.39 is 11.7 Å². The summed E-state index contributed by atoms with van der Waals surface area (Å²) in [6, 6.07) is 1.17. The zero-order valence-electron chi connectivity index (χ0n) is 5.44. The third kappa shape index (κ3) is 1.60. The summed E-state index contributed by atoms with van der Waals surface area (Å²) in [7, 11) is 0. The van der Waals surface area contributed by atoms with E-state index in [2.05, 4.69) is 4.98 Å². The molecular weight excluding hydrogens is 157 g/mol. The molecule has 2 nitrogen and oxygen atoms in total. The summed E-state index contributed by atoms with van der Waals surface area (Å²) in [5.41, 5.74) is 3.97. The molecule has 0 saturated carbocycles. The normalized spacial score (nSPS) is 11.5. The summed E-state index contributed by atoms with van der Waals surface area (Å²) >= 11 is 0. The summed E-state index contributed by atoms with van der Waals surface area (Å²) in [5, 5.41) is 0. The van der Waals surface area contributed by atoms with Crippen molar-refractivity contribution < 1.29 is 18.2 Å². The minimum Gasteiger partial charge on any atom is -0.398 e. The van der Waals surface area contributed by atoms with Crippen LogP contribution in [-0.2, 0) is 6.18 Å². The fourth-order valence-corrected chi connectivity index (χ4v) is 0.688. The molecule has 0 unspecified atom stereocenters. The van der Waals surface area contributed by atoms with Crippen LogP contribution in [0.4, 0.5) is 18.9 Å². The maximum absolute atomic E-state index is 11.9. The molecule has 0 atom stereocenters. The molecule has 1 aromatic heterocycles. The maximum atomic E-state index is 11.9. The molecule has 1 heterocycles. The Hall–Kier alpha value is -1.26. The number of aromatic nitrogens is 1. The van der Waals surface area contributed by atoms with Crippen molar-refractivity contribution in [1.82, 2.24) is 0 Å². The smallest absolute Gasteiger partial charge is 0.398 e. The van der Waals surface area contributed by atoms with Gasteiger partial charge in [0.1, 0.15) is 5.56 Å². The van der Waals surface area contributed by atoms with Crippen LogP contribution in [-0.4, -0.2) is 0 Å². The van der Waals surface area contributed by atoms with E-state index in [-0.39, 0.29) is 5.69 Å². The van der Waals surface area contributed by atoms with E-state index in [9.17, 15) is 13.2 Å². The Balaban J connectivity index is 3.14. The van der Waals surface area contributed by atoms with Gasteiger partial charge >= 0.3 is 6.18 Å². The molecule has 60 valence electrons. The largest absolute Gasteiger partial charge is 0.424 e. The molecular formula is C6H6F3N2+. The summed E-state index contributed by atoms with van der Waals surface area (Å²) in [6.45, 7) is 0. The molecule has 0 aliphatic heterocycles. The Kier molecular flexibility index (Phi) is 1.72. The first-order valence-corrected chi connectivity index (χ1v) is 2.84. The lowest BCUT2D eigenvalue weighted by molar-refractivity contribution is -0.381. The number of halogens is 3. The number of hydrogen-bond acceptors (Lipinski definition) is 1. The molecule has 11 heavy (non-hydrogen) atoms. The Morgan fingerprint density at radius 1 is 1.36 bits per heavy atom. The van der Waals surface area contributed by atoms with E-state index in [0.29, 0.717) is 0 Å². The highest BCUT2D eigenvalue weighted by Gasteiger charge is 2.34. The van der Waals surface area contributed by atoms with Crippen molar-refractivity contribution in [3.05, 3.63) is 24.0 Å². The number of H-pyrrole nitrogens is 1. The molecule has 0 spiro atoms. The molecule has 1 aromatic rings. The molecule has 3 N–H and O–H groups in total. The summed E-state index contributed by atoms with van der Waals surface area (Å²) < 4.78 is 35.8. The average Bonchev–Trinajstić information content (AvgIpc) is 1.86. The Morgan fingerprint density at radius 3 is 2.36 bits per heavy atom. The van der Waals surface area contributed by atoms with Crippen LogP contribution < -0.4 is 10.7 Å². The molecule has 0 radical (unpaired) electrons. The van der Waals surface area contributed by atoms with E-state index in [1.54, 1.807) is 0 Å². The quantitative estimate of drug-likeness (QED) is 0.611. The van der Waals surface area contributed by atoms with Crippen LogP contribution in [0.3, 0.4) is 0 Å². The van der Waals surface area contributed by atoms with Crippen molar-refractivity contribution in [2.24, 2.45) is 0 Å². The van der Waals surface area contributed by atoms with Crippen LogP contribution in [0.15, 0.2) is 18.5 Å². The molecule has 0 bridgehead atoms. The fraction of sp³-hybridized carbons (Fsp3) is 0.167. The van der Waals surface area contributed by atoms with E-state index in [1.165, 1.54) is 12.3 Å². The first-order chi connectivity index (χ1) is 5.02. The molecule has 0 aliphatic carbocycles. The number of aromatic amines is 1. The van der Waals surface area contributed by atoms with Gasteiger partial charge in [0.05, 0.1) is 5.69 Å². The highest BCUT2D eigenvalue weighted by atomic mass is 19.4. The van der Waals surface area contributed by atoms with Gasteiger partial charge in [0, 0.05) is 6.07 Å². The van der Waals surface area contributed by atoms with Gasteiger partial charge in [-0.1, -0.05) is 0 Å². The van der Waals surface area contributed by atoms with Gasteiger partial charge in [-0.2, -0.15) is 13.2 Å². The predicted molar refractivity (Wildman–Crippen MR) is 32.4 cm³/mol. The van der Waals surface area contributed by atoms with Crippen molar-refractivity contribution in [2.45, 2.75) is 6.18 Å². The predicted octanol–water partition coefficient (Wildman–Crippen LogP) is 1.10. The topological polar surface area (TPSA) is 40.2 Å². The Morgan fingerprint density at radius 2 is 2.00 bits per heavy atom. The molecule has 0 saturated heterocycles. The van der Waals surface area contributed by atoms with E-state index in [4.69, 9.17) is 5.73 Å². The highest BCUT2D eigenvalue weighted by Crippen LogP contribution is 2.31. The third-order valence-electron chi connectivity index (χ3n) is 1.20. The van der Waals surface area contributed by atoms with E-state index >= 15 is 0 Å². The van der Waals surface area contributed by atoms with Gasteiger partial charge in [0.25, 0.3) is 0 Å². The van der Waals surface area contributed by atoms with Crippen LogP contribution in [0.25, 0.3) is 0 Å². The zero-order valence-corrected chi connectivity index (χ0v) is 5.44. The molecule has 1 rings (SSSR count). The second-order valence-corrected chi connectivity index (χ2v) is 2.01. The molecule has 0 fully saturated rings. The lowest BCUT2D eigenvalue weighted by Crippen LogP contribution is -2.14. The number of anilines is 1. The van der Waals surface area contributed by atoms with Crippen molar-refractivity contribution in [2.75, 3.05) is 5.73 Å². The standard InChI is InChI=1S/C6H5F3N2/c7-6(8,9)4-3-11-2-1-5(4)10/h1-3H,(H2,10,11)/p+1. The van der Waals surface area contributed by atoms with Crippen LogP contribution >= 0.6 is 0 Å². The maximum Gasteiger partial charge on any atom is 0.424 e. The third-order valence-corrected chi connectivity index (χ3v) is 1.20. The van der Waals surface area contributed by atoms with Crippen LogP contribution in [0.2, 0.25) is 0 Å². The van der Waals surface area contributed by atoms with E-state index in [0.717, 1.165) is 6.20 Å². The van der Waals surface area contributed by atoms with Crippen molar-refractivity contribution in [1.29, 1.82) is 0 Å². The monoisotopic (exact) mass is 163 g/mol. The number of pyridine rings is 1. The zero-order chi connectivity index (χ0) is 8.48. The van der Waals surface area contributed by atoms with Gasteiger partial charge in [0.2, 0.25) is 0 Å². The number of nitrogen functional groups attached to an aromatic ring is 1. The second kappa shape index (κ2) is 2.41. The molecule has 0 amide bonds. The van der Waals surface area contributed by atoms with Crippen LogP contribution in [0, 0.1) is 0 Å². The van der Waals surface area contributed by atoms with Crippen molar-refractivity contribution >= 4 is 5.69 Å². The van der Waals surface area contributed by atoms with Gasteiger partial charge in [-0.3, -0.25) is 0 Å². The van der Waals surface area contributed by atoms with Gasteiger partial charge in [-0.15, -0.1) is 0 Å². The fourth-order valence-electron chi connectivity index (χ4n) is 0.688. The van der Waals surface area contributed by atoms with Crippen LogP contribution in [0.5, 0.6) is 0 Å². The van der Waals surface area contributed by atoms with Gasteiger partial charge in [-0.25, -0.2) is 4.98 Å². The molecule has 5 heteroatoms. The lowest BCUT2D eigenvalue weighted by atomic mass is 10.2. The number of nitrogens with one attached hydrogen (secondary N) is 1. The van der Waals surface area contributed by atoms with Crippen molar-refractivity contribution in [3.63, 3.8) is 0 Å². The summed E-state index contributed by atoms with van der Waals surface area (Å²) in [6.07, 6.45) is -2.21. The number of alkyl halides is 3. The number of nitrogens with two attached hydrogens (primary N) is 1. The molecule has 0 aliphatic rings. The minimum absolute atomic E-state index is 0.267. The second-order valence-electron chi connectivity index (χ2n) is 2.01. The van der Waals surface area contributed by atoms with Gasteiger partial charge in [-0.05, 0) is 0 Å². The van der Waals surface area contributed by atoms with Gasteiger partial charge < -0.3 is 5.73 Å². The van der Waals surface area contributed by atoms with Crippen molar-refractivity contribution in [3.8, 4) is 0 Å².